The van der Waals surface area contributed by atoms with Crippen LogP contribution in [0.15, 0.2) is 45.8 Å². The van der Waals surface area contributed by atoms with Crippen LogP contribution in [-0.4, -0.2) is 48.9 Å². The maximum absolute atomic E-state index is 10.7. The molecule has 1 aliphatic carbocycles. The molecule has 0 spiro atoms. The third-order valence-corrected chi connectivity index (χ3v) is 6.20. The minimum absolute atomic E-state index is 0. The average molecular weight is 481 g/mol. The maximum atomic E-state index is 10.7. The first kappa shape index (κ1) is 27.8. The Labute approximate surface area is 188 Å². The van der Waals surface area contributed by atoms with Crippen molar-refractivity contribution in [1.29, 1.82) is 0 Å². The number of nitrogens with two attached hydrogens (primary N) is 3. The summed E-state index contributed by atoms with van der Waals surface area (Å²) in [4.78, 5) is -3.82. The van der Waals surface area contributed by atoms with Crippen LogP contribution in [0.5, 0.6) is 5.75 Å². The van der Waals surface area contributed by atoms with Gasteiger partial charge in [-0.1, -0.05) is 12.2 Å². The van der Waals surface area contributed by atoms with E-state index in [4.69, 9.17) is 26.3 Å². The van der Waals surface area contributed by atoms with Crippen molar-refractivity contribution in [3.8, 4) is 5.75 Å². The fourth-order valence-electron chi connectivity index (χ4n) is 1.89. The Hall–Kier alpha value is -1.21. The number of nitrogen functional groups attached to an aromatic ring is 1. The molecule has 0 aliphatic heterocycles. The Morgan fingerprint density at radius 3 is 1.86 bits per heavy atom. The molecule has 1 atom stereocenters. The van der Waals surface area contributed by atoms with Crippen molar-refractivity contribution in [2.75, 3.05) is 5.73 Å². The summed E-state index contributed by atoms with van der Waals surface area (Å²) in [6.45, 7) is 0. The third-order valence-electron chi connectivity index (χ3n) is 3.29. The van der Waals surface area contributed by atoms with Gasteiger partial charge in [-0.2, -0.15) is 16.8 Å². The van der Waals surface area contributed by atoms with E-state index in [0.29, 0.717) is 17.8 Å². The van der Waals surface area contributed by atoms with Crippen molar-refractivity contribution >= 4 is 36.0 Å². The molecule has 17 heteroatoms. The number of allylic oxidation sites excluding steroid dienone is 2. The van der Waals surface area contributed by atoms with E-state index in [1.807, 2.05) is 0 Å². The van der Waals surface area contributed by atoms with Gasteiger partial charge in [-0.25, -0.2) is 8.42 Å². The van der Waals surface area contributed by atoms with Crippen LogP contribution in [0.2, 0.25) is 0 Å². The summed E-state index contributed by atoms with van der Waals surface area (Å²) in [6.07, 6.45) is 3.88. The van der Waals surface area contributed by atoms with Crippen molar-refractivity contribution in [1.82, 2.24) is 0 Å². The van der Waals surface area contributed by atoms with E-state index in [0.717, 1.165) is 6.08 Å². The quantitative estimate of drug-likeness (QED) is 0.103. The molecule has 13 nitrogen and oxygen atoms in total. The molecule has 0 fully saturated rings. The second kappa shape index (κ2) is 9.29. The van der Waals surface area contributed by atoms with Crippen molar-refractivity contribution in [3.05, 3.63) is 36.1 Å². The summed E-state index contributed by atoms with van der Waals surface area (Å²) in [7, 11) is -14.1. The van der Waals surface area contributed by atoms with Gasteiger partial charge in [-0.05, 0) is 18.2 Å². The smallest absolute Gasteiger partial charge is 0.746 e. The number of aromatic hydroxyl groups is 1. The molecule has 9 N–H and O–H groups in total. The first-order valence-corrected chi connectivity index (χ1v) is 11.1. The third kappa shape index (κ3) is 7.21. The largest absolute Gasteiger partial charge is 1.00 e. The number of rotatable bonds is 3. The van der Waals surface area contributed by atoms with E-state index in [-0.39, 0.29) is 36.0 Å². The van der Waals surface area contributed by atoms with Crippen LogP contribution < -0.4 is 46.8 Å². The van der Waals surface area contributed by atoms with E-state index in [2.05, 4.69) is 0 Å². The zero-order valence-electron chi connectivity index (χ0n) is 14.8. The zero-order chi connectivity index (χ0) is 22.1. The van der Waals surface area contributed by atoms with Crippen LogP contribution in [-0.2, 0) is 30.4 Å². The number of anilines is 1. The maximum Gasteiger partial charge on any atom is 1.00 e. The first-order valence-electron chi connectivity index (χ1n) is 6.84. The molecule has 0 bridgehead atoms. The molecule has 0 heterocycles. The Balaban J connectivity index is 0.000000542. The van der Waals surface area contributed by atoms with Crippen LogP contribution >= 0.6 is 0 Å². The van der Waals surface area contributed by atoms with Gasteiger partial charge in [0.25, 0.3) is 20.2 Å². The number of hydrogen-bond acceptors (Lipinski definition) is 11. The molecular weight excluding hydrogens is 465 g/mol. The molecule has 0 saturated carbocycles. The molecule has 2 rings (SSSR count). The molecule has 0 amide bonds. The molecule has 1 aromatic rings. The Morgan fingerprint density at radius 1 is 1.00 bits per heavy atom. The molecule has 0 saturated heterocycles. The fraction of sp³-hybridized carbons (Fsp3) is 0.167. The van der Waals surface area contributed by atoms with Crippen molar-refractivity contribution in [3.63, 3.8) is 0 Å². The minimum Gasteiger partial charge on any atom is -0.746 e. The Bertz CT molecular complexity index is 1160. The molecule has 1 aliphatic rings. The molecule has 1 aromatic carbocycles. The summed E-state index contributed by atoms with van der Waals surface area (Å²) in [6, 6.07) is 1.04. The Kier molecular flexibility index (Phi) is 8.90. The molecule has 29 heavy (non-hydrogen) atoms. The van der Waals surface area contributed by atoms with Gasteiger partial charge in [0.2, 0.25) is 0 Å². The normalized spacial score (nSPS) is 19.4. The number of benzene rings is 1. The van der Waals surface area contributed by atoms with Crippen LogP contribution in [0.1, 0.15) is 6.42 Å². The fourth-order valence-corrected chi connectivity index (χ4v) is 3.74. The number of hydrogen-bond donors (Lipinski definition) is 6. The minimum atomic E-state index is -4.84. The van der Waals surface area contributed by atoms with Crippen LogP contribution in [0.4, 0.5) is 5.69 Å². The molecule has 1 unspecified atom stereocenters. The first-order chi connectivity index (χ1) is 12.4. The zero-order valence-corrected chi connectivity index (χ0v) is 19.2. The van der Waals surface area contributed by atoms with Gasteiger partial charge in [0.05, 0.1) is 10.6 Å². The SMILES string of the molecule is NC1=CC=CC(N)(S(=O)(=O)[O-])C1.Nc1cc(S(=O)(=O)O)cc(S(=O)(=O)O)c1O.[Na+]. The molecular formula is C12H16N3NaO10S3. The van der Waals surface area contributed by atoms with E-state index in [1.165, 1.54) is 12.2 Å². The summed E-state index contributed by atoms with van der Waals surface area (Å²) < 4.78 is 92.2. The van der Waals surface area contributed by atoms with Gasteiger partial charge in [0, 0.05) is 12.1 Å². The van der Waals surface area contributed by atoms with Crippen LogP contribution in [0.25, 0.3) is 0 Å². The van der Waals surface area contributed by atoms with Gasteiger partial charge in [-0.3, -0.25) is 9.11 Å². The summed E-state index contributed by atoms with van der Waals surface area (Å²) in [5, 5.41) is 9.18. The summed E-state index contributed by atoms with van der Waals surface area (Å²) in [5.41, 5.74) is 15.4. The number of phenolic OH excluding ortho intramolecular Hbond substituents is 1. The predicted octanol–water partition coefficient (Wildman–Crippen LogP) is -4.54. The second-order valence-electron chi connectivity index (χ2n) is 5.50. The molecule has 0 aromatic heterocycles. The van der Waals surface area contributed by atoms with Gasteiger partial charge in [0.1, 0.15) is 19.9 Å². The van der Waals surface area contributed by atoms with Crippen molar-refractivity contribution in [2.24, 2.45) is 11.5 Å². The van der Waals surface area contributed by atoms with Crippen molar-refractivity contribution < 1.29 is 73.6 Å². The van der Waals surface area contributed by atoms with Crippen LogP contribution in [0.3, 0.4) is 0 Å². The summed E-state index contributed by atoms with van der Waals surface area (Å²) in [5.74, 6) is -0.991. The predicted molar refractivity (Wildman–Crippen MR) is 94.8 cm³/mol. The van der Waals surface area contributed by atoms with Gasteiger partial charge in [-0.15, -0.1) is 0 Å². The number of phenols is 1. The standard InChI is InChI=1S/C6H10N2O3S.C6H7NO7S2.Na/c7-5-2-1-3-6(8,4-5)12(9,10)11;7-4-1-3(15(9,10)11)2-5(6(4)8)16(12,13)14;/h1-3H,4,7-8H2,(H,9,10,11);1-2,8H,7H2,(H,9,10,11)(H,12,13,14);/q;;+1/p-1. The Morgan fingerprint density at radius 2 is 1.52 bits per heavy atom. The van der Waals surface area contributed by atoms with Gasteiger partial charge >= 0.3 is 29.6 Å². The molecule has 0 radical (unpaired) electrons. The van der Waals surface area contributed by atoms with E-state index < -0.39 is 56.5 Å². The topological polar surface area (TPSA) is 264 Å². The second-order valence-corrected chi connectivity index (χ2v) is 9.98. The van der Waals surface area contributed by atoms with Gasteiger partial charge < -0.3 is 26.9 Å². The molecule has 158 valence electrons. The monoisotopic (exact) mass is 481 g/mol. The van der Waals surface area contributed by atoms with E-state index in [9.17, 15) is 34.9 Å². The average Bonchev–Trinajstić information content (AvgIpc) is 2.47. The van der Waals surface area contributed by atoms with Crippen molar-refractivity contribution in [2.45, 2.75) is 21.1 Å². The van der Waals surface area contributed by atoms with E-state index >= 15 is 0 Å². The summed E-state index contributed by atoms with van der Waals surface area (Å²) >= 11 is 0. The van der Waals surface area contributed by atoms with E-state index in [1.54, 1.807) is 0 Å². The van der Waals surface area contributed by atoms with Crippen LogP contribution in [0, 0.1) is 0 Å². The van der Waals surface area contributed by atoms with Gasteiger partial charge in [0.15, 0.2) is 5.75 Å².